The molecule has 27 heavy (non-hydrogen) atoms. The molecular weight excluding hydrogens is 377 g/mol. The number of ether oxygens (including phenoxy) is 2. The number of benzene rings is 1. The summed E-state index contributed by atoms with van der Waals surface area (Å²) in [6.45, 7) is 5.02. The lowest BCUT2D eigenvalue weighted by Crippen LogP contribution is -2.35. The highest BCUT2D eigenvalue weighted by Crippen LogP contribution is 2.36. The number of esters is 1. The Morgan fingerprint density at radius 1 is 1.26 bits per heavy atom. The zero-order valence-electron chi connectivity index (χ0n) is 15.2. The van der Waals surface area contributed by atoms with Gasteiger partial charge >= 0.3 is 12.1 Å². The van der Waals surface area contributed by atoms with Crippen LogP contribution in [0.15, 0.2) is 30.5 Å². The molecule has 2 rings (SSSR count). The van der Waals surface area contributed by atoms with Crippen molar-refractivity contribution in [3.05, 3.63) is 46.9 Å². The molecule has 0 fully saturated rings. The summed E-state index contributed by atoms with van der Waals surface area (Å²) in [6, 6.07) is 4.79. The summed E-state index contributed by atoms with van der Waals surface area (Å²) < 4.78 is 23.8. The molecule has 1 aromatic heterocycles. The topological polar surface area (TPSA) is 94.8 Å². The van der Waals surface area contributed by atoms with E-state index in [1.54, 1.807) is 20.8 Å². The Kier molecular flexibility index (Phi) is 5.90. The Morgan fingerprint density at radius 3 is 2.48 bits per heavy atom. The second-order valence-corrected chi connectivity index (χ2v) is 6.95. The lowest BCUT2D eigenvalue weighted by Gasteiger charge is -2.28. The van der Waals surface area contributed by atoms with Gasteiger partial charge in [-0.1, -0.05) is 11.6 Å². The second kappa shape index (κ2) is 7.79. The van der Waals surface area contributed by atoms with Crippen LogP contribution in [0.5, 0.6) is 0 Å². The number of aromatic nitrogens is 1. The minimum atomic E-state index is -0.861. The molecule has 2 aromatic rings. The number of carbonyl (C=O) groups excluding carboxylic acids is 2. The van der Waals surface area contributed by atoms with E-state index >= 15 is 0 Å². The maximum absolute atomic E-state index is 13.8. The van der Waals surface area contributed by atoms with Gasteiger partial charge in [0.05, 0.1) is 29.1 Å². The van der Waals surface area contributed by atoms with Crippen molar-refractivity contribution in [3.8, 4) is 0 Å². The molecule has 0 saturated carbocycles. The zero-order chi connectivity index (χ0) is 20.4. The van der Waals surface area contributed by atoms with Gasteiger partial charge in [0.15, 0.2) is 5.82 Å². The van der Waals surface area contributed by atoms with Crippen LogP contribution in [0.1, 0.15) is 31.1 Å². The third-order valence-electron chi connectivity index (χ3n) is 3.25. The normalized spacial score (nSPS) is 11.0. The number of anilines is 3. The maximum atomic E-state index is 13.8. The predicted octanol–water partition coefficient (Wildman–Crippen LogP) is 4.32. The van der Waals surface area contributed by atoms with E-state index < -0.39 is 23.5 Å². The molecule has 0 atom stereocenters. The molecule has 1 amide bonds. The van der Waals surface area contributed by atoms with Crippen LogP contribution in [-0.2, 0) is 9.47 Å². The molecule has 1 aromatic carbocycles. The van der Waals surface area contributed by atoms with Crippen LogP contribution in [0.2, 0.25) is 5.02 Å². The summed E-state index contributed by atoms with van der Waals surface area (Å²) in [5, 5.41) is 0.0838. The summed E-state index contributed by atoms with van der Waals surface area (Å²) in [4.78, 5) is 29.4. The highest BCUT2D eigenvalue weighted by Gasteiger charge is 2.29. The first-order chi connectivity index (χ1) is 12.5. The van der Waals surface area contributed by atoms with Gasteiger partial charge in [-0.2, -0.15) is 0 Å². The molecule has 0 spiro atoms. The Bertz CT molecular complexity index is 883. The van der Waals surface area contributed by atoms with Crippen LogP contribution in [0, 0.1) is 5.82 Å². The largest absolute Gasteiger partial charge is 0.465 e. The summed E-state index contributed by atoms with van der Waals surface area (Å²) in [5.41, 5.74) is 5.21. The Hall–Kier alpha value is -2.87. The van der Waals surface area contributed by atoms with E-state index in [9.17, 15) is 14.0 Å². The molecule has 0 unspecified atom stereocenters. The van der Waals surface area contributed by atoms with E-state index in [-0.39, 0.29) is 27.8 Å². The van der Waals surface area contributed by atoms with Crippen molar-refractivity contribution >= 4 is 40.9 Å². The first-order valence-electron chi connectivity index (χ1n) is 7.85. The fourth-order valence-electron chi connectivity index (χ4n) is 2.15. The summed E-state index contributed by atoms with van der Waals surface area (Å²) in [5.74, 6) is -1.33. The molecule has 1 heterocycles. The van der Waals surface area contributed by atoms with E-state index in [1.165, 1.54) is 25.4 Å². The number of pyridine rings is 1. The first-order valence-corrected chi connectivity index (χ1v) is 8.23. The molecule has 0 aliphatic carbocycles. The Balaban J connectivity index is 2.61. The van der Waals surface area contributed by atoms with Gasteiger partial charge in [-0.25, -0.2) is 23.9 Å². The molecule has 2 N–H and O–H groups in total. The number of methoxy groups -OCH3 is 1. The van der Waals surface area contributed by atoms with E-state index in [0.717, 1.165) is 17.0 Å². The summed E-state index contributed by atoms with van der Waals surface area (Å²) >= 11 is 6.15. The minimum absolute atomic E-state index is 0.00376. The lowest BCUT2D eigenvalue weighted by atomic mass is 10.2. The molecule has 7 nitrogen and oxygen atoms in total. The van der Waals surface area contributed by atoms with Crippen LogP contribution in [0.3, 0.4) is 0 Å². The number of rotatable bonds is 3. The van der Waals surface area contributed by atoms with Gasteiger partial charge in [0.1, 0.15) is 11.4 Å². The fraction of sp³-hybridized carbons (Fsp3) is 0.278. The molecule has 144 valence electrons. The quantitative estimate of drug-likeness (QED) is 0.778. The van der Waals surface area contributed by atoms with Crippen molar-refractivity contribution in [1.82, 2.24) is 4.98 Å². The third-order valence-corrected chi connectivity index (χ3v) is 3.57. The highest BCUT2D eigenvalue weighted by molar-refractivity contribution is 6.34. The van der Waals surface area contributed by atoms with E-state index in [4.69, 9.17) is 22.1 Å². The van der Waals surface area contributed by atoms with Crippen LogP contribution < -0.4 is 10.6 Å². The second-order valence-electron chi connectivity index (χ2n) is 6.54. The van der Waals surface area contributed by atoms with Gasteiger partial charge < -0.3 is 15.2 Å². The van der Waals surface area contributed by atoms with Gasteiger partial charge in [-0.05, 0) is 45.0 Å². The number of nitrogen functional groups attached to an aromatic ring is 1. The predicted molar refractivity (Wildman–Crippen MR) is 99.8 cm³/mol. The first kappa shape index (κ1) is 20.4. The summed E-state index contributed by atoms with van der Waals surface area (Å²) in [6.07, 6.45) is 0.322. The van der Waals surface area contributed by atoms with Gasteiger partial charge in [0.25, 0.3) is 0 Å². The van der Waals surface area contributed by atoms with E-state index in [1.807, 2.05) is 0 Å². The number of nitrogens with zero attached hydrogens (tertiary/aromatic N) is 2. The van der Waals surface area contributed by atoms with Gasteiger partial charge in [0.2, 0.25) is 0 Å². The smallest absolute Gasteiger partial charge is 0.420 e. The van der Waals surface area contributed by atoms with Crippen molar-refractivity contribution in [2.45, 2.75) is 26.4 Å². The molecule has 0 aliphatic heterocycles. The van der Waals surface area contributed by atoms with Gasteiger partial charge in [-0.3, -0.25) is 0 Å². The van der Waals surface area contributed by atoms with Crippen LogP contribution in [0.4, 0.5) is 26.4 Å². The number of hydrogen-bond acceptors (Lipinski definition) is 6. The number of nitrogens with two attached hydrogens (primary N) is 1. The van der Waals surface area contributed by atoms with Crippen LogP contribution >= 0.6 is 11.6 Å². The molecule has 0 saturated heterocycles. The Morgan fingerprint density at radius 2 is 1.93 bits per heavy atom. The number of carbonyl (C=O) groups is 2. The zero-order valence-corrected chi connectivity index (χ0v) is 16.0. The molecule has 9 heteroatoms. The lowest BCUT2D eigenvalue weighted by molar-refractivity contribution is 0.0592. The fourth-order valence-corrected chi connectivity index (χ4v) is 2.36. The van der Waals surface area contributed by atoms with Crippen molar-refractivity contribution in [2.24, 2.45) is 0 Å². The van der Waals surface area contributed by atoms with E-state index in [0.29, 0.717) is 0 Å². The molecule has 0 bridgehead atoms. The minimum Gasteiger partial charge on any atom is -0.465 e. The molecule has 0 aliphatic rings. The average Bonchev–Trinajstić information content (AvgIpc) is 2.57. The number of halogens is 2. The summed E-state index contributed by atoms with van der Waals surface area (Å²) in [7, 11) is 1.21. The molecular formula is C18H19ClFN3O4. The van der Waals surface area contributed by atoms with Gasteiger partial charge in [0, 0.05) is 6.20 Å². The standard InChI is InChI=1S/C18H19ClFN3O4/c1-18(2,3)27-17(25)23(14-8-11(20)5-6-12(14)19)15-13(21)7-10(9-22-15)16(24)26-4/h5-9H,21H2,1-4H3. The average molecular weight is 396 g/mol. The monoisotopic (exact) mass is 395 g/mol. The van der Waals surface area contributed by atoms with Crippen LogP contribution in [-0.4, -0.2) is 29.8 Å². The van der Waals surface area contributed by atoms with Crippen molar-refractivity contribution in [2.75, 3.05) is 17.7 Å². The van der Waals surface area contributed by atoms with Crippen molar-refractivity contribution in [3.63, 3.8) is 0 Å². The third kappa shape index (κ3) is 4.85. The highest BCUT2D eigenvalue weighted by atomic mass is 35.5. The number of amides is 1. The van der Waals surface area contributed by atoms with Crippen molar-refractivity contribution < 1.29 is 23.5 Å². The van der Waals surface area contributed by atoms with E-state index in [2.05, 4.69) is 9.72 Å². The Labute approximate surface area is 160 Å². The van der Waals surface area contributed by atoms with Crippen LogP contribution in [0.25, 0.3) is 0 Å². The van der Waals surface area contributed by atoms with Crippen molar-refractivity contribution in [1.29, 1.82) is 0 Å². The maximum Gasteiger partial charge on any atom is 0.420 e. The molecule has 0 radical (unpaired) electrons. The van der Waals surface area contributed by atoms with Gasteiger partial charge in [-0.15, -0.1) is 0 Å². The SMILES string of the molecule is COC(=O)c1cnc(N(C(=O)OC(C)(C)C)c2cc(F)ccc2Cl)c(N)c1. The number of hydrogen-bond donors (Lipinski definition) is 1.